The summed E-state index contributed by atoms with van der Waals surface area (Å²) in [6.07, 6.45) is 3.05. The van der Waals surface area contributed by atoms with E-state index in [0.717, 1.165) is 71.0 Å². The third-order valence-corrected chi connectivity index (χ3v) is 5.58. The lowest BCUT2D eigenvalue weighted by molar-refractivity contribution is -0.122. The van der Waals surface area contributed by atoms with Crippen molar-refractivity contribution in [3.05, 3.63) is 0 Å². The van der Waals surface area contributed by atoms with Crippen LogP contribution in [0.1, 0.15) is 26.2 Å². The SMILES string of the molecule is CCCNC(=O)CN1CCC(NC(=NC)NCC2CN(C)CCN2C)CC1. The molecule has 0 aromatic rings. The second-order valence-electron chi connectivity index (χ2n) is 7.89. The molecule has 156 valence electrons. The van der Waals surface area contributed by atoms with Gasteiger partial charge in [0.2, 0.25) is 5.91 Å². The molecular formula is C19H39N7O. The molecule has 0 radical (unpaired) electrons. The maximum atomic E-state index is 11.9. The quantitative estimate of drug-likeness (QED) is 0.403. The minimum absolute atomic E-state index is 0.141. The Labute approximate surface area is 164 Å². The van der Waals surface area contributed by atoms with Crippen molar-refractivity contribution in [1.82, 2.24) is 30.7 Å². The monoisotopic (exact) mass is 381 g/mol. The third-order valence-electron chi connectivity index (χ3n) is 5.58. The maximum Gasteiger partial charge on any atom is 0.234 e. The number of carbonyl (C=O) groups excluding carboxylic acids is 1. The van der Waals surface area contributed by atoms with Gasteiger partial charge in [0.25, 0.3) is 0 Å². The molecule has 2 heterocycles. The highest BCUT2D eigenvalue weighted by atomic mass is 16.2. The van der Waals surface area contributed by atoms with Gasteiger partial charge in [-0.05, 0) is 33.4 Å². The average Bonchev–Trinajstić information content (AvgIpc) is 2.67. The fourth-order valence-corrected chi connectivity index (χ4v) is 3.68. The Balaban J connectivity index is 1.67. The number of rotatable bonds is 7. The molecule has 8 heteroatoms. The van der Waals surface area contributed by atoms with Crippen molar-refractivity contribution in [2.24, 2.45) is 4.99 Å². The number of piperidine rings is 1. The molecule has 2 fully saturated rings. The first-order valence-corrected chi connectivity index (χ1v) is 10.4. The number of piperazine rings is 1. The van der Waals surface area contributed by atoms with Crippen molar-refractivity contribution < 1.29 is 4.79 Å². The molecule has 0 aliphatic carbocycles. The van der Waals surface area contributed by atoms with Crippen molar-refractivity contribution in [3.8, 4) is 0 Å². The molecule has 0 bridgehead atoms. The Morgan fingerprint density at radius 2 is 1.85 bits per heavy atom. The fourth-order valence-electron chi connectivity index (χ4n) is 3.68. The molecule has 2 rings (SSSR count). The number of amides is 1. The summed E-state index contributed by atoms with van der Waals surface area (Å²) in [6, 6.07) is 0.920. The minimum atomic E-state index is 0.141. The van der Waals surface area contributed by atoms with E-state index in [2.05, 4.69) is 56.7 Å². The molecule has 2 aliphatic rings. The predicted molar refractivity (Wildman–Crippen MR) is 111 cm³/mol. The molecule has 3 N–H and O–H groups in total. The maximum absolute atomic E-state index is 11.9. The van der Waals surface area contributed by atoms with Gasteiger partial charge in [-0.25, -0.2) is 0 Å². The van der Waals surface area contributed by atoms with Gasteiger partial charge in [-0.15, -0.1) is 0 Å². The van der Waals surface area contributed by atoms with Crippen LogP contribution in [0.3, 0.4) is 0 Å². The van der Waals surface area contributed by atoms with Gasteiger partial charge in [0.15, 0.2) is 5.96 Å². The number of carbonyl (C=O) groups is 1. The van der Waals surface area contributed by atoms with Crippen molar-refractivity contribution in [2.75, 3.05) is 73.5 Å². The molecule has 1 amide bonds. The number of nitrogens with zero attached hydrogens (tertiary/aromatic N) is 4. The number of nitrogens with one attached hydrogen (secondary N) is 3. The van der Waals surface area contributed by atoms with Crippen LogP contribution in [0.4, 0.5) is 0 Å². The zero-order valence-corrected chi connectivity index (χ0v) is 17.6. The Bertz CT molecular complexity index is 477. The summed E-state index contributed by atoms with van der Waals surface area (Å²) < 4.78 is 0. The molecule has 0 spiro atoms. The summed E-state index contributed by atoms with van der Waals surface area (Å²) in [4.78, 5) is 23.3. The summed E-state index contributed by atoms with van der Waals surface area (Å²) in [5, 5.41) is 10.0. The molecule has 0 aromatic heterocycles. The second kappa shape index (κ2) is 11.5. The lowest BCUT2D eigenvalue weighted by Crippen LogP contribution is -2.56. The highest BCUT2D eigenvalue weighted by molar-refractivity contribution is 5.80. The van der Waals surface area contributed by atoms with Gasteiger partial charge >= 0.3 is 0 Å². The van der Waals surface area contributed by atoms with Crippen LogP contribution in [0.25, 0.3) is 0 Å². The van der Waals surface area contributed by atoms with E-state index in [0.29, 0.717) is 18.6 Å². The van der Waals surface area contributed by atoms with Crippen LogP contribution in [0.5, 0.6) is 0 Å². The van der Waals surface area contributed by atoms with Crippen molar-refractivity contribution in [1.29, 1.82) is 0 Å². The molecule has 2 aliphatic heterocycles. The molecule has 0 aromatic carbocycles. The van der Waals surface area contributed by atoms with Gasteiger partial charge in [-0.2, -0.15) is 0 Å². The Kier molecular flexibility index (Phi) is 9.30. The van der Waals surface area contributed by atoms with Gasteiger partial charge < -0.3 is 20.9 Å². The first-order valence-electron chi connectivity index (χ1n) is 10.4. The second-order valence-corrected chi connectivity index (χ2v) is 7.89. The first-order chi connectivity index (χ1) is 13.0. The van der Waals surface area contributed by atoms with E-state index in [9.17, 15) is 4.79 Å². The first kappa shape index (κ1) is 21.9. The number of likely N-dealkylation sites (N-methyl/N-ethyl adjacent to an activating group) is 2. The van der Waals surface area contributed by atoms with E-state index >= 15 is 0 Å². The molecule has 2 saturated heterocycles. The van der Waals surface area contributed by atoms with Crippen LogP contribution in [0, 0.1) is 0 Å². The average molecular weight is 382 g/mol. The molecule has 1 atom stereocenters. The van der Waals surface area contributed by atoms with Crippen molar-refractivity contribution in [2.45, 2.75) is 38.3 Å². The van der Waals surface area contributed by atoms with E-state index in [-0.39, 0.29) is 5.91 Å². The molecule has 8 nitrogen and oxygen atoms in total. The van der Waals surface area contributed by atoms with Crippen LogP contribution < -0.4 is 16.0 Å². The van der Waals surface area contributed by atoms with Gasteiger partial charge in [-0.3, -0.25) is 19.6 Å². The molecule has 0 saturated carbocycles. The van der Waals surface area contributed by atoms with E-state index < -0.39 is 0 Å². The van der Waals surface area contributed by atoms with Gasteiger partial charge in [0, 0.05) is 64.9 Å². The topological polar surface area (TPSA) is 75.2 Å². The summed E-state index contributed by atoms with van der Waals surface area (Å²) in [7, 11) is 6.21. The highest BCUT2D eigenvalue weighted by Gasteiger charge is 2.24. The lowest BCUT2D eigenvalue weighted by Gasteiger charge is -2.38. The summed E-state index contributed by atoms with van der Waals surface area (Å²) in [6.45, 7) is 9.48. The lowest BCUT2D eigenvalue weighted by atomic mass is 10.1. The molecule has 27 heavy (non-hydrogen) atoms. The van der Waals surface area contributed by atoms with Crippen molar-refractivity contribution >= 4 is 11.9 Å². The smallest absolute Gasteiger partial charge is 0.234 e. The fraction of sp³-hybridized carbons (Fsp3) is 0.895. The number of guanidine groups is 1. The standard InChI is InChI=1S/C19H39N7O/c1-5-8-21-18(27)15-26-9-6-16(7-10-26)23-19(20-2)22-13-17-14-24(3)11-12-25(17)4/h16-17H,5-15H2,1-4H3,(H,21,27)(H2,20,22,23). The number of likely N-dealkylation sites (tertiary alicyclic amines) is 1. The Morgan fingerprint density at radius 1 is 1.11 bits per heavy atom. The molecule has 1 unspecified atom stereocenters. The number of hydrogen-bond acceptors (Lipinski definition) is 5. The highest BCUT2D eigenvalue weighted by Crippen LogP contribution is 2.10. The zero-order valence-electron chi connectivity index (χ0n) is 17.6. The predicted octanol–water partition coefficient (Wildman–Crippen LogP) is -0.612. The van der Waals surface area contributed by atoms with Crippen LogP contribution in [-0.2, 0) is 4.79 Å². The summed E-state index contributed by atoms with van der Waals surface area (Å²) in [5.41, 5.74) is 0. The van der Waals surface area contributed by atoms with Crippen LogP contribution >= 0.6 is 0 Å². The van der Waals surface area contributed by atoms with Gasteiger partial charge in [0.1, 0.15) is 0 Å². The summed E-state index contributed by atoms with van der Waals surface area (Å²) >= 11 is 0. The summed E-state index contributed by atoms with van der Waals surface area (Å²) in [5.74, 6) is 1.03. The van der Waals surface area contributed by atoms with Crippen LogP contribution in [0.15, 0.2) is 4.99 Å². The normalized spacial score (nSPS) is 24.0. The third kappa shape index (κ3) is 7.63. The largest absolute Gasteiger partial charge is 0.355 e. The van der Waals surface area contributed by atoms with Crippen LogP contribution in [-0.4, -0.2) is 112 Å². The van der Waals surface area contributed by atoms with E-state index in [1.165, 1.54) is 0 Å². The number of aliphatic imine (C=N–C) groups is 1. The van der Waals surface area contributed by atoms with Crippen LogP contribution in [0.2, 0.25) is 0 Å². The van der Waals surface area contributed by atoms with E-state index in [1.807, 2.05) is 7.05 Å². The minimum Gasteiger partial charge on any atom is -0.355 e. The van der Waals surface area contributed by atoms with Gasteiger partial charge in [0.05, 0.1) is 6.54 Å². The Hall–Kier alpha value is -1.38. The van der Waals surface area contributed by atoms with E-state index in [1.54, 1.807) is 0 Å². The Morgan fingerprint density at radius 3 is 2.52 bits per heavy atom. The number of hydrogen-bond donors (Lipinski definition) is 3. The molecular weight excluding hydrogens is 342 g/mol. The van der Waals surface area contributed by atoms with Gasteiger partial charge in [-0.1, -0.05) is 6.92 Å². The zero-order chi connectivity index (χ0) is 19.6. The van der Waals surface area contributed by atoms with E-state index in [4.69, 9.17) is 0 Å². The van der Waals surface area contributed by atoms with Crippen molar-refractivity contribution in [3.63, 3.8) is 0 Å².